The van der Waals surface area contributed by atoms with E-state index in [1.165, 1.54) is 0 Å². The number of imidazole rings is 1. The maximum atomic E-state index is 12.5. The van der Waals surface area contributed by atoms with Gasteiger partial charge in [0.15, 0.2) is 0 Å². The average Bonchev–Trinajstić information content (AvgIpc) is 2.93. The number of carbonyl (C=O) groups is 1. The summed E-state index contributed by atoms with van der Waals surface area (Å²) in [5.41, 5.74) is 2.60. The molecule has 2 aromatic rings. The van der Waals surface area contributed by atoms with Gasteiger partial charge in [0.25, 0.3) is 5.91 Å². The average molecular weight is 285 g/mol. The first-order valence-corrected chi connectivity index (χ1v) is 7.19. The highest BCUT2D eigenvalue weighted by Crippen LogP contribution is 2.21. The number of aryl methyl sites for hydroxylation is 1. The van der Waals surface area contributed by atoms with Crippen LogP contribution in [0.25, 0.3) is 11.3 Å². The number of aliphatic hydroxyl groups excluding tert-OH is 1. The van der Waals surface area contributed by atoms with Crippen LogP contribution in [0.15, 0.2) is 36.8 Å². The Morgan fingerprint density at radius 2 is 2.29 bits per heavy atom. The summed E-state index contributed by atoms with van der Waals surface area (Å²) in [5.74, 6) is -0.0160. The van der Waals surface area contributed by atoms with Crippen LogP contribution in [0, 0.1) is 0 Å². The van der Waals surface area contributed by atoms with Crippen LogP contribution in [-0.4, -0.2) is 44.7 Å². The molecule has 1 atom stereocenters. The molecular formula is C16H19N3O2. The number of aliphatic hydroxyl groups is 1. The number of hydrogen-bond acceptors (Lipinski definition) is 3. The van der Waals surface area contributed by atoms with E-state index in [-0.39, 0.29) is 5.91 Å². The van der Waals surface area contributed by atoms with Crippen molar-refractivity contribution in [3.8, 4) is 11.3 Å². The molecule has 0 unspecified atom stereocenters. The number of aromatic nitrogens is 2. The molecule has 5 nitrogen and oxygen atoms in total. The molecule has 1 aromatic heterocycles. The Bertz CT molecular complexity index is 650. The minimum absolute atomic E-state index is 0.0160. The second-order valence-corrected chi connectivity index (χ2v) is 5.52. The highest BCUT2D eigenvalue weighted by molar-refractivity contribution is 5.95. The molecular weight excluding hydrogens is 266 g/mol. The van der Waals surface area contributed by atoms with Crippen LogP contribution < -0.4 is 0 Å². The summed E-state index contributed by atoms with van der Waals surface area (Å²) in [7, 11) is 1.93. The van der Waals surface area contributed by atoms with Crippen LogP contribution >= 0.6 is 0 Å². The summed E-state index contributed by atoms with van der Waals surface area (Å²) < 4.78 is 1.92. The van der Waals surface area contributed by atoms with Gasteiger partial charge in [-0.15, -0.1) is 0 Å². The highest BCUT2D eigenvalue weighted by Gasteiger charge is 2.23. The molecule has 1 amide bonds. The quantitative estimate of drug-likeness (QED) is 0.913. The van der Waals surface area contributed by atoms with Crippen molar-refractivity contribution in [2.24, 2.45) is 7.05 Å². The van der Waals surface area contributed by atoms with Gasteiger partial charge in [-0.1, -0.05) is 12.1 Å². The summed E-state index contributed by atoms with van der Waals surface area (Å²) in [6.07, 6.45) is 4.76. The Labute approximate surface area is 123 Å². The first-order chi connectivity index (χ1) is 10.1. The van der Waals surface area contributed by atoms with Crippen LogP contribution in [0.4, 0.5) is 0 Å². The van der Waals surface area contributed by atoms with Gasteiger partial charge >= 0.3 is 0 Å². The molecule has 3 rings (SSSR count). The number of β-amino-alcohol motifs (C(OH)–C–C–N with tert-alkyl or cyclic N) is 1. The minimum atomic E-state index is -0.400. The lowest BCUT2D eigenvalue weighted by atomic mass is 10.0. The second kappa shape index (κ2) is 5.69. The molecule has 5 heteroatoms. The number of amides is 1. The summed E-state index contributed by atoms with van der Waals surface area (Å²) >= 11 is 0. The predicted molar refractivity (Wildman–Crippen MR) is 79.8 cm³/mol. The lowest BCUT2D eigenvalue weighted by Crippen LogP contribution is -2.42. The van der Waals surface area contributed by atoms with Crippen molar-refractivity contribution in [3.63, 3.8) is 0 Å². The molecule has 1 aromatic carbocycles. The number of piperidine rings is 1. The van der Waals surface area contributed by atoms with E-state index < -0.39 is 6.10 Å². The van der Waals surface area contributed by atoms with Crippen molar-refractivity contribution in [1.82, 2.24) is 14.5 Å². The van der Waals surface area contributed by atoms with E-state index in [1.54, 1.807) is 17.4 Å². The van der Waals surface area contributed by atoms with Crippen LogP contribution in [0.5, 0.6) is 0 Å². The normalized spacial score (nSPS) is 18.8. The van der Waals surface area contributed by atoms with Crippen LogP contribution in [0.2, 0.25) is 0 Å². The highest BCUT2D eigenvalue weighted by atomic mass is 16.3. The zero-order valence-electron chi connectivity index (χ0n) is 12.1. The van der Waals surface area contributed by atoms with Crippen molar-refractivity contribution < 1.29 is 9.90 Å². The lowest BCUT2D eigenvalue weighted by molar-refractivity contribution is 0.0474. The van der Waals surface area contributed by atoms with Gasteiger partial charge in [-0.05, 0) is 25.0 Å². The van der Waals surface area contributed by atoms with Gasteiger partial charge in [-0.2, -0.15) is 0 Å². The van der Waals surface area contributed by atoms with Crippen molar-refractivity contribution in [1.29, 1.82) is 0 Å². The fourth-order valence-electron chi connectivity index (χ4n) is 2.77. The Hall–Kier alpha value is -2.14. The summed E-state index contributed by atoms with van der Waals surface area (Å²) in [5, 5.41) is 9.71. The van der Waals surface area contributed by atoms with Crippen molar-refractivity contribution in [2.75, 3.05) is 13.1 Å². The number of rotatable bonds is 2. The lowest BCUT2D eigenvalue weighted by Gasteiger charge is -2.30. The standard InChI is InChI=1S/C16H19N3O2/c1-18-11-17-9-15(18)12-4-2-5-13(8-12)16(21)19-7-3-6-14(20)10-19/h2,4-5,8-9,11,14,20H,3,6-7,10H2,1H3/t14-/m1/s1. The summed E-state index contributed by atoms with van der Waals surface area (Å²) in [6, 6.07) is 7.57. The monoisotopic (exact) mass is 285 g/mol. The van der Waals surface area contributed by atoms with Crippen molar-refractivity contribution in [3.05, 3.63) is 42.4 Å². The van der Waals surface area contributed by atoms with Gasteiger partial charge in [0, 0.05) is 31.3 Å². The Kier molecular flexibility index (Phi) is 3.75. The second-order valence-electron chi connectivity index (χ2n) is 5.52. The minimum Gasteiger partial charge on any atom is -0.391 e. The molecule has 21 heavy (non-hydrogen) atoms. The molecule has 1 aliphatic heterocycles. The van der Waals surface area contributed by atoms with Gasteiger partial charge in [0.05, 0.1) is 24.3 Å². The molecule has 0 bridgehead atoms. The van der Waals surface area contributed by atoms with E-state index in [4.69, 9.17) is 0 Å². The van der Waals surface area contributed by atoms with E-state index in [0.29, 0.717) is 18.7 Å². The molecule has 1 aliphatic rings. The third-order valence-electron chi connectivity index (χ3n) is 3.91. The number of likely N-dealkylation sites (tertiary alicyclic amines) is 1. The van der Waals surface area contributed by atoms with E-state index in [9.17, 15) is 9.90 Å². The molecule has 2 heterocycles. The van der Waals surface area contributed by atoms with Crippen molar-refractivity contribution >= 4 is 5.91 Å². The number of nitrogens with zero attached hydrogens (tertiary/aromatic N) is 3. The molecule has 0 radical (unpaired) electrons. The Balaban J connectivity index is 1.86. The maximum absolute atomic E-state index is 12.5. The van der Waals surface area contributed by atoms with Gasteiger partial charge in [-0.25, -0.2) is 4.98 Å². The first kappa shape index (κ1) is 13.8. The fourth-order valence-corrected chi connectivity index (χ4v) is 2.77. The predicted octanol–water partition coefficient (Wildman–Crippen LogP) is 1.68. The molecule has 0 spiro atoms. The van der Waals surface area contributed by atoms with Crippen LogP contribution in [0.3, 0.4) is 0 Å². The van der Waals surface area contributed by atoms with Crippen LogP contribution in [0.1, 0.15) is 23.2 Å². The van der Waals surface area contributed by atoms with E-state index >= 15 is 0 Å². The van der Waals surface area contributed by atoms with E-state index in [0.717, 1.165) is 24.1 Å². The van der Waals surface area contributed by atoms with Crippen LogP contribution in [-0.2, 0) is 7.05 Å². The van der Waals surface area contributed by atoms with Crippen molar-refractivity contribution in [2.45, 2.75) is 18.9 Å². The Morgan fingerprint density at radius 3 is 3.00 bits per heavy atom. The molecule has 110 valence electrons. The number of carbonyl (C=O) groups excluding carboxylic acids is 1. The summed E-state index contributed by atoms with van der Waals surface area (Å²) in [4.78, 5) is 18.4. The van der Waals surface area contributed by atoms with Gasteiger partial charge < -0.3 is 14.6 Å². The smallest absolute Gasteiger partial charge is 0.253 e. The van der Waals surface area contributed by atoms with E-state index in [1.807, 2.05) is 35.9 Å². The molecule has 0 aliphatic carbocycles. The van der Waals surface area contributed by atoms with Gasteiger partial charge in [0.2, 0.25) is 0 Å². The van der Waals surface area contributed by atoms with Gasteiger partial charge in [-0.3, -0.25) is 4.79 Å². The number of benzene rings is 1. The number of hydrogen-bond donors (Lipinski definition) is 1. The SMILES string of the molecule is Cn1cncc1-c1cccc(C(=O)N2CCC[C@@H](O)C2)c1. The molecule has 1 fully saturated rings. The molecule has 1 saturated heterocycles. The maximum Gasteiger partial charge on any atom is 0.253 e. The van der Waals surface area contributed by atoms with E-state index in [2.05, 4.69) is 4.98 Å². The third-order valence-corrected chi connectivity index (χ3v) is 3.91. The Morgan fingerprint density at radius 1 is 1.43 bits per heavy atom. The molecule has 0 saturated carbocycles. The fraction of sp³-hybridized carbons (Fsp3) is 0.375. The van der Waals surface area contributed by atoms with Gasteiger partial charge in [0.1, 0.15) is 0 Å². The molecule has 1 N–H and O–H groups in total. The summed E-state index contributed by atoms with van der Waals surface area (Å²) in [6.45, 7) is 1.14. The topological polar surface area (TPSA) is 58.4 Å². The largest absolute Gasteiger partial charge is 0.391 e. The zero-order valence-corrected chi connectivity index (χ0v) is 12.1. The zero-order chi connectivity index (χ0) is 14.8. The first-order valence-electron chi connectivity index (χ1n) is 7.19. The third kappa shape index (κ3) is 2.83.